The van der Waals surface area contributed by atoms with Gasteiger partial charge >= 0.3 is 0 Å². The van der Waals surface area contributed by atoms with E-state index in [0.717, 1.165) is 23.1 Å². The molecule has 1 heterocycles. The van der Waals surface area contributed by atoms with Gasteiger partial charge in [-0.3, -0.25) is 4.79 Å². The standard InChI is InChI=1S/C19H18ClN3O4S/c1-3-26-14-7-4-12(5-8-14)18-22-23-19(27-18)28-11-17(24)21-13-6-9-16(25-2)15(20)10-13/h4-10H,3,11H2,1-2H3,(H,21,24). The second kappa shape index (κ2) is 9.48. The topological polar surface area (TPSA) is 86.5 Å². The van der Waals surface area contributed by atoms with Crippen LogP contribution < -0.4 is 14.8 Å². The van der Waals surface area contributed by atoms with Crippen molar-refractivity contribution in [1.82, 2.24) is 10.2 Å². The number of ether oxygens (including phenoxy) is 2. The first kappa shape index (κ1) is 20.0. The van der Waals surface area contributed by atoms with Gasteiger partial charge in [0.2, 0.25) is 11.8 Å². The van der Waals surface area contributed by atoms with E-state index in [0.29, 0.717) is 34.2 Å². The maximum absolute atomic E-state index is 12.1. The van der Waals surface area contributed by atoms with Gasteiger partial charge in [-0.1, -0.05) is 23.4 Å². The Morgan fingerprint density at radius 1 is 1.21 bits per heavy atom. The summed E-state index contributed by atoms with van der Waals surface area (Å²) in [6.07, 6.45) is 0. The molecule has 146 valence electrons. The molecule has 0 radical (unpaired) electrons. The Hall–Kier alpha value is -2.71. The number of aromatic nitrogens is 2. The average Bonchev–Trinajstić information content (AvgIpc) is 3.16. The van der Waals surface area contributed by atoms with Crippen LogP contribution in [0.2, 0.25) is 5.02 Å². The summed E-state index contributed by atoms with van der Waals surface area (Å²) >= 11 is 7.20. The first-order valence-electron chi connectivity index (χ1n) is 8.42. The molecule has 0 saturated carbocycles. The van der Waals surface area contributed by atoms with E-state index in [2.05, 4.69) is 15.5 Å². The van der Waals surface area contributed by atoms with Gasteiger partial charge < -0.3 is 19.2 Å². The fourth-order valence-corrected chi connectivity index (χ4v) is 3.13. The zero-order chi connectivity index (χ0) is 19.9. The van der Waals surface area contributed by atoms with Crippen molar-refractivity contribution in [2.75, 3.05) is 24.8 Å². The summed E-state index contributed by atoms with van der Waals surface area (Å²) in [5, 5.41) is 11.5. The number of rotatable bonds is 8. The van der Waals surface area contributed by atoms with E-state index in [1.165, 1.54) is 7.11 Å². The van der Waals surface area contributed by atoms with Crippen LogP contribution in [-0.2, 0) is 4.79 Å². The normalized spacial score (nSPS) is 10.5. The summed E-state index contributed by atoms with van der Waals surface area (Å²) in [6, 6.07) is 12.4. The van der Waals surface area contributed by atoms with Gasteiger partial charge in [0.1, 0.15) is 11.5 Å². The highest BCUT2D eigenvalue weighted by Crippen LogP contribution is 2.28. The molecule has 9 heteroatoms. The van der Waals surface area contributed by atoms with Gasteiger partial charge in [0.05, 0.1) is 24.5 Å². The highest BCUT2D eigenvalue weighted by atomic mass is 35.5. The van der Waals surface area contributed by atoms with E-state index in [-0.39, 0.29) is 11.7 Å². The van der Waals surface area contributed by atoms with Gasteiger partial charge in [-0.25, -0.2) is 0 Å². The third-order valence-electron chi connectivity index (χ3n) is 3.58. The van der Waals surface area contributed by atoms with E-state index < -0.39 is 0 Å². The molecule has 0 saturated heterocycles. The highest BCUT2D eigenvalue weighted by Gasteiger charge is 2.12. The summed E-state index contributed by atoms with van der Waals surface area (Å²) in [5.74, 6) is 1.60. The lowest BCUT2D eigenvalue weighted by atomic mass is 10.2. The summed E-state index contributed by atoms with van der Waals surface area (Å²) in [7, 11) is 1.53. The molecule has 3 rings (SSSR count). The van der Waals surface area contributed by atoms with Gasteiger partial charge in [0, 0.05) is 11.3 Å². The Morgan fingerprint density at radius 2 is 2.00 bits per heavy atom. The summed E-state index contributed by atoms with van der Waals surface area (Å²) in [4.78, 5) is 12.1. The third-order valence-corrected chi connectivity index (χ3v) is 4.69. The van der Waals surface area contributed by atoms with E-state index in [9.17, 15) is 4.79 Å². The number of hydrogen-bond donors (Lipinski definition) is 1. The summed E-state index contributed by atoms with van der Waals surface area (Å²) in [6.45, 7) is 2.53. The van der Waals surface area contributed by atoms with Crippen LogP contribution in [0.25, 0.3) is 11.5 Å². The zero-order valence-corrected chi connectivity index (χ0v) is 16.8. The first-order valence-corrected chi connectivity index (χ1v) is 9.78. The number of hydrogen-bond acceptors (Lipinski definition) is 7. The minimum atomic E-state index is -0.216. The Balaban J connectivity index is 1.55. The molecular weight excluding hydrogens is 402 g/mol. The van der Waals surface area contributed by atoms with Crippen LogP contribution in [0.3, 0.4) is 0 Å². The largest absolute Gasteiger partial charge is 0.495 e. The molecule has 3 aromatic rings. The molecule has 0 aliphatic carbocycles. The fourth-order valence-electron chi connectivity index (χ4n) is 2.31. The van der Waals surface area contributed by atoms with Crippen molar-refractivity contribution in [3.05, 3.63) is 47.5 Å². The minimum Gasteiger partial charge on any atom is -0.495 e. The summed E-state index contributed by atoms with van der Waals surface area (Å²) in [5.41, 5.74) is 1.36. The zero-order valence-electron chi connectivity index (χ0n) is 15.3. The van der Waals surface area contributed by atoms with Crippen LogP contribution in [0.5, 0.6) is 11.5 Å². The van der Waals surface area contributed by atoms with Crippen LogP contribution >= 0.6 is 23.4 Å². The Kier molecular flexibility index (Phi) is 6.78. The van der Waals surface area contributed by atoms with Crippen LogP contribution in [0.15, 0.2) is 52.1 Å². The number of thioether (sulfide) groups is 1. The average molecular weight is 420 g/mol. The van der Waals surface area contributed by atoms with Crippen molar-refractivity contribution < 1.29 is 18.7 Å². The number of halogens is 1. The third kappa shape index (κ3) is 5.17. The SMILES string of the molecule is CCOc1ccc(-c2nnc(SCC(=O)Nc3ccc(OC)c(Cl)c3)o2)cc1. The smallest absolute Gasteiger partial charge is 0.277 e. The Labute approximate surface area is 171 Å². The van der Waals surface area contributed by atoms with Gasteiger partial charge in [0.15, 0.2) is 0 Å². The molecule has 0 aliphatic rings. The molecule has 1 amide bonds. The molecule has 7 nitrogen and oxygen atoms in total. The highest BCUT2D eigenvalue weighted by molar-refractivity contribution is 7.99. The summed E-state index contributed by atoms with van der Waals surface area (Å²) < 4.78 is 16.1. The number of carbonyl (C=O) groups excluding carboxylic acids is 1. The molecule has 0 aliphatic heterocycles. The number of nitrogens with zero attached hydrogens (tertiary/aromatic N) is 2. The lowest BCUT2D eigenvalue weighted by Crippen LogP contribution is -2.14. The van der Waals surface area contributed by atoms with Crippen molar-refractivity contribution in [3.63, 3.8) is 0 Å². The molecule has 0 unspecified atom stereocenters. The van der Waals surface area contributed by atoms with E-state index in [1.54, 1.807) is 18.2 Å². The van der Waals surface area contributed by atoms with Crippen LogP contribution in [0.1, 0.15) is 6.92 Å². The minimum absolute atomic E-state index is 0.120. The number of anilines is 1. The van der Waals surface area contributed by atoms with Crippen LogP contribution in [0.4, 0.5) is 5.69 Å². The molecule has 28 heavy (non-hydrogen) atoms. The van der Waals surface area contributed by atoms with Gasteiger partial charge in [-0.05, 0) is 49.4 Å². The maximum Gasteiger partial charge on any atom is 0.277 e. The molecule has 1 N–H and O–H groups in total. The van der Waals surface area contributed by atoms with Gasteiger partial charge in [0.25, 0.3) is 5.22 Å². The van der Waals surface area contributed by atoms with Gasteiger partial charge in [-0.15, -0.1) is 10.2 Å². The van der Waals surface area contributed by atoms with Crippen molar-refractivity contribution in [2.24, 2.45) is 0 Å². The molecule has 2 aromatic carbocycles. The van der Waals surface area contributed by atoms with E-state index in [4.69, 9.17) is 25.5 Å². The molecule has 0 fully saturated rings. The van der Waals surface area contributed by atoms with Crippen molar-refractivity contribution in [1.29, 1.82) is 0 Å². The molecule has 0 spiro atoms. The maximum atomic E-state index is 12.1. The van der Waals surface area contributed by atoms with E-state index >= 15 is 0 Å². The Bertz CT molecular complexity index is 947. The molecule has 0 bridgehead atoms. The second-order valence-corrected chi connectivity index (χ2v) is 6.85. The van der Waals surface area contributed by atoms with Crippen LogP contribution in [0, 0.1) is 0 Å². The van der Waals surface area contributed by atoms with Gasteiger partial charge in [-0.2, -0.15) is 0 Å². The number of amides is 1. The predicted octanol–water partition coefficient (Wildman–Crippen LogP) is 4.53. The van der Waals surface area contributed by atoms with Crippen molar-refractivity contribution >= 4 is 35.0 Å². The monoisotopic (exact) mass is 419 g/mol. The Morgan fingerprint density at radius 3 is 2.68 bits per heavy atom. The van der Waals surface area contributed by atoms with Crippen molar-refractivity contribution in [2.45, 2.75) is 12.1 Å². The molecule has 1 aromatic heterocycles. The number of nitrogens with one attached hydrogen (secondary N) is 1. The lowest BCUT2D eigenvalue weighted by Gasteiger charge is -2.07. The molecule has 0 atom stereocenters. The fraction of sp³-hybridized carbons (Fsp3) is 0.211. The predicted molar refractivity (Wildman–Crippen MR) is 108 cm³/mol. The quantitative estimate of drug-likeness (QED) is 0.537. The number of benzene rings is 2. The molecular formula is C19H18ClN3O4S. The number of methoxy groups -OCH3 is 1. The number of carbonyl (C=O) groups is 1. The lowest BCUT2D eigenvalue weighted by molar-refractivity contribution is -0.113. The first-order chi connectivity index (χ1) is 13.6. The second-order valence-electron chi connectivity index (χ2n) is 5.52. The van der Waals surface area contributed by atoms with E-state index in [1.807, 2.05) is 31.2 Å². The van der Waals surface area contributed by atoms with Crippen molar-refractivity contribution in [3.8, 4) is 23.0 Å². The van der Waals surface area contributed by atoms with Crippen LogP contribution in [-0.4, -0.2) is 35.6 Å².